The lowest BCUT2D eigenvalue weighted by molar-refractivity contribution is -0.123. The maximum absolute atomic E-state index is 13.0. The Morgan fingerprint density at radius 2 is 1.70 bits per heavy atom. The number of benzene rings is 3. The van der Waals surface area contributed by atoms with Crippen molar-refractivity contribution in [2.45, 2.75) is 18.4 Å². The van der Waals surface area contributed by atoms with Crippen molar-refractivity contribution in [3.8, 4) is 11.5 Å². The highest BCUT2D eigenvalue weighted by Crippen LogP contribution is 2.39. The van der Waals surface area contributed by atoms with E-state index in [1.165, 1.54) is 50.4 Å². The number of carbonyl (C=O) groups excluding carboxylic acids is 3. The van der Waals surface area contributed by atoms with E-state index in [4.69, 9.17) is 8.92 Å². The summed E-state index contributed by atoms with van der Waals surface area (Å²) in [6.07, 6.45) is 1.41. The van der Waals surface area contributed by atoms with Gasteiger partial charge in [-0.2, -0.15) is 8.42 Å². The number of methoxy groups -OCH3 is 1. The zero-order valence-corrected chi connectivity index (χ0v) is 21.5. The van der Waals surface area contributed by atoms with Gasteiger partial charge in [0, 0.05) is 18.2 Å². The third-order valence-electron chi connectivity index (χ3n) is 5.23. The van der Waals surface area contributed by atoms with E-state index in [2.05, 4.69) is 5.32 Å². The first-order valence-corrected chi connectivity index (χ1v) is 13.2. The van der Waals surface area contributed by atoms with Crippen LogP contribution in [0.1, 0.15) is 18.1 Å². The van der Waals surface area contributed by atoms with Gasteiger partial charge < -0.3 is 14.2 Å². The Hall–Kier alpha value is -4.09. The zero-order chi connectivity index (χ0) is 26.6. The van der Waals surface area contributed by atoms with Gasteiger partial charge in [-0.15, -0.1) is 0 Å². The second kappa shape index (κ2) is 10.9. The molecule has 3 aromatic rings. The normalized spacial score (nSPS) is 14.6. The van der Waals surface area contributed by atoms with Crippen LogP contribution in [0.15, 0.2) is 82.6 Å². The molecule has 0 saturated carbocycles. The fraction of sp³-hybridized carbons (Fsp3) is 0.115. The fourth-order valence-corrected chi connectivity index (χ4v) is 5.30. The molecule has 0 radical (unpaired) electrons. The summed E-state index contributed by atoms with van der Waals surface area (Å²) in [5, 5.41) is 2.13. The van der Waals surface area contributed by atoms with Crippen molar-refractivity contribution in [3.05, 3.63) is 88.8 Å². The summed E-state index contributed by atoms with van der Waals surface area (Å²) in [4.78, 5) is 37.9. The molecule has 0 unspecified atom stereocenters. The van der Waals surface area contributed by atoms with Gasteiger partial charge in [0.15, 0.2) is 11.5 Å². The second-order valence-electron chi connectivity index (χ2n) is 7.88. The molecule has 0 bridgehead atoms. The quantitative estimate of drug-likeness (QED) is 0.325. The predicted molar refractivity (Wildman–Crippen MR) is 140 cm³/mol. The van der Waals surface area contributed by atoms with Crippen LogP contribution in [0.3, 0.4) is 0 Å². The van der Waals surface area contributed by atoms with Crippen molar-refractivity contribution in [2.75, 3.05) is 12.4 Å². The van der Waals surface area contributed by atoms with Gasteiger partial charge in [0.05, 0.1) is 18.6 Å². The van der Waals surface area contributed by atoms with E-state index in [0.717, 1.165) is 22.2 Å². The van der Waals surface area contributed by atoms with Gasteiger partial charge in [-0.3, -0.25) is 19.3 Å². The molecule has 9 nitrogen and oxygen atoms in total. The summed E-state index contributed by atoms with van der Waals surface area (Å²) in [6, 6.07) is 19.2. The molecular weight excluding hydrogens is 516 g/mol. The molecule has 1 aliphatic heterocycles. The molecule has 190 valence electrons. The van der Waals surface area contributed by atoms with Crippen LogP contribution >= 0.6 is 11.8 Å². The van der Waals surface area contributed by atoms with Crippen molar-refractivity contribution in [3.63, 3.8) is 0 Å². The van der Waals surface area contributed by atoms with Crippen LogP contribution in [0.2, 0.25) is 0 Å². The van der Waals surface area contributed by atoms with Gasteiger partial charge in [-0.05, 0) is 53.7 Å². The van der Waals surface area contributed by atoms with Crippen LogP contribution in [-0.4, -0.2) is 37.5 Å². The topological polar surface area (TPSA) is 119 Å². The number of nitrogens with one attached hydrogen (secondary N) is 1. The fourth-order valence-electron chi connectivity index (χ4n) is 3.51. The Bertz CT molecular complexity index is 1490. The molecule has 3 aromatic carbocycles. The van der Waals surface area contributed by atoms with Crippen molar-refractivity contribution in [1.29, 1.82) is 0 Å². The molecule has 4 rings (SSSR count). The van der Waals surface area contributed by atoms with Crippen LogP contribution in [-0.2, 0) is 26.3 Å². The van der Waals surface area contributed by atoms with Gasteiger partial charge in [-0.25, -0.2) is 0 Å². The number of rotatable bonds is 8. The molecule has 1 saturated heterocycles. The number of nitrogens with zero attached hydrogens (tertiary/aromatic N) is 1. The minimum atomic E-state index is -4.31. The first kappa shape index (κ1) is 26.0. The van der Waals surface area contributed by atoms with Crippen molar-refractivity contribution in [2.24, 2.45) is 0 Å². The van der Waals surface area contributed by atoms with Crippen molar-refractivity contribution in [1.82, 2.24) is 4.90 Å². The summed E-state index contributed by atoms with van der Waals surface area (Å²) in [6.45, 7) is 1.46. The molecule has 1 N–H and O–H groups in total. The smallest absolute Gasteiger partial charge is 0.339 e. The Labute approximate surface area is 218 Å². The Kier molecular flexibility index (Phi) is 7.65. The summed E-state index contributed by atoms with van der Waals surface area (Å²) < 4.78 is 36.8. The van der Waals surface area contributed by atoms with Crippen LogP contribution in [0.5, 0.6) is 11.5 Å². The monoisotopic (exact) mass is 538 g/mol. The SMILES string of the molecule is COc1cccc(/C=C2\SC(=O)N(Cc3ccccc3)C2=O)c1OS(=O)(=O)c1ccc(NC(C)=O)cc1. The largest absolute Gasteiger partial charge is 0.493 e. The molecule has 0 spiro atoms. The summed E-state index contributed by atoms with van der Waals surface area (Å²) in [7, 11) is -2.96. The van der Waals surface area contributed by atoms with Crippen LogP contribution in [0.25, 0.3) is 6.08 Å². The zero-order valence-electron chi connectivity index (χ0n) is 19.8. The lowest BCUT2D eigenvalue weighted by Crippen LogP contribution is -2.27. The lowest BCUT2D eigenvalue weighted by Gasteiger charge is -2.14. The third-order valence-corrected chi connectivity index (χ3v) is 7.37. The number of imide groups is 1. The van der Waals surface area contributed by atoms with Gasteiger partial charge in [0.25, 0.3) is 11.1 Å². The molecule has 0 aliphatic carbocycles. The molecule has 11 heteroatoms. The first-order chi connectivity index (χ1) is 17.7. The summed E-state index contributed by atoms with van der Waals surface area (Å²) >= 11 is 0.757. The summed E-state index contributed by atoms with van der Waals surface area (Å²) in [5.74, 6) is -0.802. The van der Waals surface area contributed by atoms with E-state index in [9.17, 15) is 22.8 Å². The highest BCUT2D eigenvalue weighted by molar-refractivity contribution is 8.18. The number of thioether (sulfide) groups is 1. The second-order valence-corrected chi connectivity index (χ2v) is 10.4. The molecule has 0 atom stereocenters. The first-order valence-electron chi connectivity index (χ1n) is 11.0. The number of para-hydroxylation sites is 1. The number of ether oxygens (including phenoxy) is 1. The Morgan fingerprint density at radius 1 is 1.00 bits per heavy atom. The molecule has 1 heterocycles. The Morgan fingerprint density at radius 3 is 2.35 bits per heavy atom. The molecule has 1 aliphatic rings. The molecule has 0 aromatic heterocycles. The lowest BCUT2D eigenvalue weighted by atomic mass is 10.1. The third kappa shape index (κ3) is 6.01. The number of carbonyl (C=O) groups is 3. The standard InChI is InChI=1S/C26H22N2O7S2/c1-17(29)27-20-11-13-21(14-12-20)37(32,33)35-24-19(9-6-10-22(24)34-2)15-23-25(30)28(26(31)36-23)16-18-7-4-3-5-8-18/h3-15H,16H2,1-2H3,(H,27,29)/b23-15-. The predicted octanol–water partition coefficient (Wildman–Crippen LogP) is 4.66. The average Bonchev–Trinajstić information content (AvgIpc) is 3.13. The number of amides is 3. The number of hydrogen-bond acceptors (Lipinski definition) is 8. The molecule has 3 amide bonds. The van der Waals surface area contributed by atoms with E-state index in [1.54, 1.807) is 12.1 Å². The molecular formula is C26H22N2O7S2. The van der Waals surface area contributed by atoms with E-state index in [0.29, 0.717) is 5.69 Å². The van der Waals surface area contributed by atoms with Crippen molar-refractivity contribution >= 4 is 50.7 Å². The van der Waals surface area contributed by atoms with Crippen LogP contribution < -0.4 is 14.2 Å². The molecule has 1 fully saturated rings. The van der Waals surface area contributed by atoms with Crippen LogP contribution in [0, 0.1) is 0 Å². The van der Waals surface area contributed by atoms with Gasteiger partial charge in [0.1, 0.15) is 4.90 Å². The number of anilines is 1. The van der Waals surface area contributed by atoms with E-state index >= 15 is 0 Å². The van der Waals surface area contributed by atoms with Gasteiger partial charge >= 0.3 is 10.1 Å². The van der Waals surface area contributed by atoms with E-state index in [1.807, 2.05) is 30.3 Å². The van der Waals surface area contributed by atoms with Gasteiger partial charge in [0.2, 0.25) is 5.91 Å². The highest BCUT2D eigenvalue weighted by Gasteiger charge is 2.35. The molecule has 37 heavy (non-hydrogen) atoms. The Balaban J connectivity index is 1.63. The average molecular weight is 539 g/mol. The maximum atomic E-state index is 13.0. The maximum Gasteiger partial charge on any atom is 0.339 e. The minimum absolute atomic E-state index is 0.118. The van der Waals surface area contributed by atoms with Crippen LogP contribution in [0.4, 0.5) is 10.5 Å². The highest BCUT2D eigenvalue weighted by atomic mass is 32.2. The van der Waals surface area contributed by atoms with Crippen molar-refractivity contribution < 1.29 is 31.7 Å². The number of hydrogen-bond donors (Lipinski definition) is 1. The van der Waals surface area contributed by atoms with E-state index in [-0.39, 0.29) is 39.3 Å². The van der Waals surface area contributed by atoms with E-state index < -0.39 is 21.3 Å². The minimum Gasteiger partial charge on any atom is -0.493 e. The van der Waals surface area contributed by atoms with Gasteiger partial charge in [-0.1, -0.05) is 42.5 Å². The summed E-state index contributed by atoms with van der Waals surface area (Å²) in [5.41, 5.74) is 1.46.